The lowest BCUT2D eigenvalue weighted by Crippen LogP contribution is -2.28. The summed E-state index contributed by atoms with van der Waals surface area (Å²) in [7, 11) is 0. The van der Waals surface area contributed by atoms with E-state index in [0.29, 0.717) is 0 Å². The Bertz CT molecular complexity index is 165. The maximum Gasteiger partial charge on any atom is 0.0960 e. The monoisotopic (exact) mass is 228 g/mol. The van der Waals surface area contributed by atoms with E-state index in [-0.39, 0.29) is 6.04 Å². The molecule has 1 unspecified atom stereocenters. The first-order chi connectivity index (χ1) is 7.35. The predicted octanol–water partition coefficient (Wildman–Crippen LogP) is 3.19. The van der Waals surface area contributed by atoms with Crippen molar-refractivity contribution in [2.75, 3.05) is 18.1 Å². The van der Waals surface area contributed by atoms with Crippen LogP contribution in [0.2, 0.25) is 0 Å². The molecule has 0 aliphatic heterocycles. The first-order valence-corrected chi connectivity index (χ1v) is 7.21. The minimum Gasteiger partial charge on any atom is -0.302 e. The third kappa shape index (κ3) is 10.1. The molecule has 0 saturated heterocycles. The van der Waals surface area contributed by atoms with Crippen molar-refractivity contribution in [1.29, 1.82) is 5.26 Å². The van der Waals surface area contributed by atoms with Gasteiger partial charge in [-0.15, -0.1) is 0 Å². The third-order valence-corrected chi connectivity index (χ3v) is 3.34. The lowest BCUT2D eigenvalue weighted by Gasteiger charge is -2.09. The molecule has 0 spiro atoms. The van der Waals surface area contributed by atoms with Crippen molar-refractivity contribution in [2.45, 2.75) is 52.0 Å². The lowest BCUT2D eigenvalue weighted by atomic mass is 10.2. The fourth-order valence-electron chi connectivity index (χ4n) is 1.29. The maximum atomic E-state index is 8.87. The van der Waals surface area contributed by atoms with Crippen LogP contribution in [-0.2, 0) is 0 Å². The summed E-state index contributed by atoms with van der Waals surface area (Å²) in [4.78, 5) is 0. The standard InChI is InChI=1S/C12H24N2S/c1-3-5-6-9-15-10-7-12(11-13)14-8-4-2/h12,14H,3-10H2,1-2H3. The van der Waals surface area contributed by atoms with Crippen LogP contribution in [0.25, 0.3) is 0 Å². The van der Waals surface area contributed by atoms with E-state index >= 15 is 0 Å². The number of hydrogen-bond acceptors (Lipinski definition) is 3. The van der Waals surface area contributed by atoms with Gasteiger partial charge in [0, 0.05) is 0 Å². The second kappa shape index (κ2) is 11.9. The lowest BCUT2D eigenvalue weighted by molar-refractivity contribution is 0.585. The van der Waals surface area contributed by atoms with Crippen LogP contribution >= 0.6 is 11.8 Å². The number of nitriles is 1. The average Bonchev–Trinajstić information content (AvgIpc) is 2.27. The van der Waals surface area contributed by atoms with Crippen LogP contribution in [0.5, 0.6) is 0 Å². The molecule has 0 aliphatic carbocycles. The largest absolute Gasteiger partial charge is 0.302 e. The minimum absolute atomic E-state index is 0.0589. The summed E-state index contributed by atoms with van der Waals surface area (Å²) in [6, 6.07) is 2.37. The van der Waals surface area contributed by atoms with E-state index < -0.39 is 0 Å². The second-order valence-corrected chi connectivity index (χ2v) is 4.97. The van der Waals surface area contributed by atoms with E-state index in [0.717, 1.165) is 25.1 Å². The zero-order valence-corrected chi connectivity index (χ0v) is 10.9. The Morgan fingerprint density at radius 1 is 1.20 bits per heavy atom. The highest BCUT2D eigenvalue weighted by Gasteiger charge is 2.04. The molecule has 0 aromatic heterocycles. The van der Waals surface area contributed by atoms with Crippen molar-refractivity contribution in [3.63, 3.8) is 0 Å². The van der Waals surface area contributed by atoms with Crippen LogP contribution in [0.3, 0.4) is 0 Å². The van der Waals surface area contributed by atoms with Crippen molar-refractivity contribution in [3.8, 4) is 6.07 Å². The molecule has 1 N–H and O–H groups in total. The Morgan fingerprint density at radius 3 is 2.60 bits per heavy atom. The summed E-state index contributed by atoms with van der Waals surface area (Å²) in [6.07, 6.45) is 6.03. The zero-order chi connectivity index (χ0) is 11.4. The van der Waals surface area contributed by atoms with Gasteiger partial charge in [0.2, 0.25) is 0 Å². The van der Waals surface area contributed by atoms with Crippen molar-refractivity contribution < 1.29 is 0 Å². The molecule has 0 bridgehead atoms. The Kier molecular flexibility index (Phi) is 11.7. The maximum absolute atomic E-state index is 8.87. The summed E-state index contributed by atoms with van der Waals surface area (Å²) in [5, 5.41) is 12.1. The first kappa shape index (κ1) is 14.8. The number of rotatable bonds is 10. The Hall–Kier alpha value is -0.200. The molecule has 0 amide bonds. The fourth-order valence-corrected chi connectivity index (χ4v) is 2.30. The Balaban J connectivity index is 3.27. The van der Waals surface area contributed by atoms with Crippen molar-refractivity contribution in [3.05, 3.63) is 0 Å². The van der Waals surface area contributed by atoms with Crippen LogP contribution in [0.15, 0.2) is 0 Å². The number of nitrogens with zero attached hydrogens (tertiary/aromatic N) is 1. The molecule has 2 nitrogen and oxygen atoms in total. The van der Waals surface area contributed by atoms with Gasteiger partial charge in [0.15, 0.2) is 0 Å². The fraction of sp³-hybridized carbons (Fsp3) is 0.917. The predicted molar refractivity (Wildman–Crippen MR) is 69.2 cm³/mol. The average molecular weight is 228 g/mol. The van der Waals surface area contributed by atoms with Crippen molar-refractivity contribution in [2.24, 2.45) is 0 Å². The van der Waals surface area contributed by atoms with E-state index in [4.69, 9.17) is 5.26 Å². The first-order valence-electron chi connectivity index (χ1n) is 6.05. The van der Waals surface area contributed by atoms with Crippen LogP contribution in [0.1, 0.15) is 46.0 Å². The van der Waals surface area contributed by atoms with E-state index in [2.05, 4.69) is 25.2 Å². The van der Waals surface area contributed by atoms with Gasteiger partial charge in [-0.25, -0.2) is 0 Å². The molecule has 0 heterocycles. The zero-order valence-electron chi connectivity index (χ0n) is 10.1. The van der Waals surface area contributed by atoms with E-state index in [1.54, 1.807) is 0 Å². The minimum atomic E-state index is 0.0589. The second-order valence-electron chi connectivity index (χ2n) is 3.74. The summed E-state index contributed by atoms with van der Waals surface area (Å²) < 4.78 is 0. The van der Waals surface area contributed by atoms with E-state index in [1.807, 2.05) is 11.8 Å². The molecular weight excluding hydrogens is 204 g/mol. The molecule has 0 aliphatic rings. The van der Waals surface area contributed by atoms with Gasteiger partial charge in [0.1, 0.15) is 0 Å². The summed E-state index contributed by atoms with van der Waals surface area (Å²) in [5.74, 6) is 2.36. The van der Waals surface area contributed by atoms with Crippen molar-refractivity contribution >= 4 is 11.8 Å². The van der Waals surface area contributed by atoms with Gasteiger partial charge in [0.05, 0.1) is 12.1 Å². The number of thioether (sulfide) groups is 1. The molecule has 88 valence electrons. The van der Waals surface area contributed by atoms with Gasteiger partial charge < -0.3 is 5.32 Å². The van der Waals surface area contributed by atoms with Crippen molar-refractivity contribution in [1.82, 2.24) is 5.32 Å². The van der Waals surface area contributed by atoms with Gasteiger partial charge in [-0.05, 0) is 37.3 Å². The summed E-state index contributed by atoms with van der Waals surface area (Å²) in [6.45, 7) is 5.31. The number of unbranched alkanes of at least 4 members (excludes halogenated alkanes) is 2. The third-order valence-electron chi connectivity index (χ3n) is 2.24. The van der Waals surface area contributed by atoms with Gasteiger partial charge in [-0.1, -0.05) is 26.7 Å². The Morgan fingerprint density at radius 2 is 2.00 bits per heavy atom. The summed E-state index contributed by atoms with van der Waals surface area (Å²) in [5.41, 5.74) is 0. The van der Waals surface area contributed by atoms with Gasteiger partial charge in [-0.3, -0.25) is 0 Å². The molecule has 0 rings (SSSR count). The Labute approximate surface area is 98.8 Å². The van der Waals surface area contributed by atoms with Gasteiger partial charge in [-0.2, -0.15) is 17.0 Å². The van der Waals surface area contributed by atoms with Gasteiger partial charge in [0.25, 0.3) is 0 Å². The molecule has 0 radical (unpaired) electrons. The molecule has 1 atom stereocenters. The molecular formula is C12H24N2S. The molecule has 0 fully saturated rings. The number of nitrogens with one attached hydrogen (secondary N) is 1. The van der Waals surface area contributed by atoms with E-state index in [9.17, 15) is 0 Å². The van der Waals surface area contributed by atoms with Crippen LogP contribution in [0, 0.1) is 11.3 Å². The van der Waals surface area contributed by atoms with E-state index in [1.165, 1.54) is 25.0 Å². The smallest absolute Gasteiger partial charge is 0.0960 e. The highest BCUT2D eigenvalue weighted by atomic mass is 32.2. The topological polar surface area (TPSA) is 35.8 Å². The molecule has 0 saturated carbocycles. The quantitative estimate of drug-likeness (QED) is 0.583. The highest BCUT2D eigenvalue weighted by Crippen LogP contribution is 2.08. The number of hydrogen-bond donors (Lipinski definition) is 1. The van der Waals surface area contributed by atoms with Crippen LogP contribution < -0.4 is 5.32 Å². The highest BCUT2D eigenvalue weighted by molar-refractivity contribution is 7.99. The normalized spacial score (nSPS) is 12.3. The molecule has 0 aromatic rings. The molecule has 15 heavy (non-hydrogen) atoms. The molecule has 0 aromatic carbocycles. The summed E-state index contributed by atoms with van der Waals surface area (Å²) >= 11 is 1.98. The molecule has 3 heteroatoms. The van der Waals surface area contributed by atoms with Crippen LogP contribution in [-0.4, -0.2) is 24.1 Å². The SMILES string of the molecule is CCCCCSCCC(C#N)NCCC. The van der Waals surface area contributed by atoms with Gasteiger partial charge >= 0.3 is 0 Å². The van der Waals surface area contributed by atoms with Crippen LogP contribution in [0.4, 0.5) is 0 Å².